The summed E-state index contributed by atoms with van der Waals surface area (Å²) in [6, 6.07) is 0. The Kier molecular flexibility index (Phi) is 3.33. The normalized spacial score (nSPS) is 25.5. The van der Waals surface area contributed by atoms with Gasteiger partial charge in [-0.05, 0) is 32.2 Å². The lowest BCUT2D eigenvalue weighted by Crippen LogP contribution is -2.47. The van der Waals surface area contributed by atoms with Gasteiger partial charge < -0.3 is 9.88 Å². The van der Waals surface area contributed by atoms with Gasteiger partial charge in [0.25, 0.3) is 0 Å². The molecule has 1 unspecified atom stereocenters. The third-order valence-corrected chi connectivity index (χ3v) is 4.02. The van der Waals surface area contributed by atoms with E-state index in [0.717, 1.165) is 13.0 Å². The molecule has 1 fully saturated rings. The maximum atomic E-state index is 4.26. The number of hydrogen-bond donors (Lipinski definition) is 1. The lowest BCUT2D eigenvalue weighted by Gasteiger charge is -2.34. The minimum Gasteiger partial charge on any atom is -0.335 e. The predicted octanol–water partition coefficient (Wildman–Crippen LogP) is 2.22. The Morgan fingerprint density at radius 3 is 2.94 bits per heavy atom. The molecule has 1 aromatic heterocycles. The Balaban J connectivity index is 2.18. The molecule has 0 aromatic carbocycles. The van der Waals surface area contributed by atoms with E-state index < -0.39 is 0 Å². The lowest BCUT2D eigenvalue weighted by molar-refractivity contribution is 0.264. The van der Waals surface area contributed by atoms with E-state index in [1.807, 2.05) is 12.5 Å². The molecule has 90 valence electrons. The van der Waals surface area contributed by atoms with Crippen molar-refractivity contribution in [2.45, 2.75) is 52.1 Å². The Labute approximate surface area is 98.3 Å². The van der Waals surface area contributed by atoms with Crippen LogP contribution in [0.4, 0.5) is 0 Å². The van der Waals surface area contributed by atoms with Crippen LogP contribution in [0.25, 0.3) is 0 Å². The van der Waals surface area contributed by atoms with Gasteiger partial charge in [0, 0.05) is 30.4 Å². The van der Waals surface area contributed by atoms with Crippen LogP contribution < -0.4 is 5.32 Å². The molecular formula is C13H23N3. The van der Waals surface area contributed by atoms with E-state index in [0.29, 0.717) is 11.5 Å². The highest BCUT2D eigenvalue weighted by Crippen LogP contribution is 2.31. The van der Waals surface area contributed by atoms with Crippen LogP contribution >= 0.6 is 0 Å². The second-order valence-electron chi connectivity index (χ2n) is 5.19. The fraction of sp³-hybridized carbons (Fsp3) is 0.769. The van der Waals surface area contributed by atoms with E-state index in [1.54, 1.807) is 0 Å². The molecule has 3 heteroatoms. The summed E-state index contributed by atoms with van der Waals surface area (Å²) in [6.07, 6.45) is 7.67. The molecule has 0 aliphatic carbocycles. The first-order chi connectivity index (χ1) is 7.68. The summed E-state index contributed by atoms with van der Waals surface area (Å²) in [5.41, 5.74) is 1.66. The van der Waals surface area contributed by atoms with Crippen LogP contribution in [0.3, 0.4) is 0 Å². The predicted molar refractivity (Wildman–Crippen MR) is 66.4 cm³/mol. The average molecular weight is 221 g/mol. The fourth-order valence-corrected chi connectivity index (χ4v) is 2.78. The molecule has 0 radical (unpaired) electrons. The molecule has 1 aromatic rings. The molecule has 3 nitrogen and oxygen atoms in total. The van der Waals surface area contributed by atoms with Gasteiger partial charge in [-0.25, -0.2) is 4.98 Å². The summed E-state index contributed by atoms with van der Waals surface area (Å²) < 4.78 is 2.25. The highest BCUT2D eigenvalue weighted by Gasteiger charge is 2.37. The van der Waals surface area contributed by atoms with Crippen molar-refractivity contribution in [3.63, 3.8) is 0 Å². The summed E-state index contributed by atoms with van der Waals surface area (Å²) in [7, 11) is 0. The van der Waals surface area contributed by atoms with Crippen LogP contribution in [0.2, 0.25) is 0 Å². The molecule has 0 saturated carbocycles. The van der Waals surface area contributed by atoms with Gasteiger partial charge in [0.05, 0.1) is 6.33 Å². The molecular weight excluding hydrogens is 198 g/mol. The van der Waals surface area contributed by atoms with E-state index in [-0.39, 0.29) is 0 Å². The standard InChI is InChI=1S/C13H23N3/c1-4-16-10-14-9-12(16)8-13(11(2)3)6-5-7-15-13/h9-11,15H,4-8H2,1-3H3. The molecule has 2 rings (SSSR count). The molecule has 1 saturated heterocycles. The molecule has 1 aliphatic heterocycles. The van der Waals surface area contributed by atoms with Crippen LogP contribution in [0.15, 0.2) is 12.5 Å². The molecule has 1 atom stereocenters. The van der Waals surface area contributed by atoms with Crippen molar-refractivity contribution in [2.75, 3.05) is 6.54 Å². The average Bonchev–Trinajstić information content (AvgIpc) is 2.88. The van der Waals surface area contributed by atoms with Crippen LogP contribution in [-0.4, -0.2) is 21.6 Å². The fourth-order valence-electron chi connectivity index (χ4n) is 2.78. The van der Waals surface area contributed by atoms with Gasteiger partial charge in [-0.3, -0.25) is 0 Å². The lowest BCUT2D eigenvalue weighted by atomic mass is 9.81. The van der Waals surface area contributed by atoms with Crippen molar-refractivity contribution in [3.05, 3.63) is 18.2 Å². The number of nitrogens with zero attached hydrogens (tertiary/aromatic N) is 2. The topological polar surface area (TPSA) is 29.9 Å². The third-order valence-electron chi connectivity index (χ3n) is 4.02. The van der Waals surface area contributed by atoms with Crippen molar-refractivity contribution in [2.24, 2.45) is 5.92 Å². The second kappa shape index (κ2) is 4.58. The van der Waals surface area contributed by atoms with Gasteiger partial charge in [-0.1, -0.05) is 13.8 Å². The Morgan fingerprint density at radius 2 is 2.38 bits per heavy atom. The number of rotatable bonds is 4. The molecule has 0 amide bonds. The molecule has 1 N–H and O–H groups in total. The number of nitrogens with one attached hydrogen (secondary N) is 1. The van der Waals surface area contributed by atoms with Crippen molar-refractivity contribution in [1.82, 2.24) is 14.9 Å². The molecule has 1 aliphatic rings. The van der Waals surface area contributed by atoms with Gasteiger partial charge in [0.15, 0.2) is 0 Å². The van der Waals surface area contributed by atoms with E-state index in [4.69, 9.17) is 0 Å². The van der Waals surface area contributed by atoms with Crippen molar-refractivity contribution in [3.8, 4) is 0 Å². The maximum absolute atomic E-state index is 4.26. The minimum absolute atomic E-state index is 0.299. The summed E-state index contributed by atoms with van der Waals surface area (Å²) in [4.78, 5) is 4.26. The molecule has 16 heavy (non-hydrogen) atoms. The van der Waals surface area contributed by atoms with Crippen LogP contribution in [0.1, 0.15) is 39.3 Å². The zero-order valence-corrected chi connectivity index (χ0v) is 10.7. The van der Waals surface area contributed by atoms with Crippen LogP contribution in [0, 0.1) is 5.92 Å². The molecule has 0 spiro atoms. The van der Waals surface area contributed by atoms with Crippen molar-refractivity contribution in [1.29, 1.82) is 0 Å². The smallest absolute Gasteiger partial charge is 0.0948 e. The van der Waals surface area contributed by atoms with Crippen molar-refractivity contribution >= 4 is 0 Å². The van der Waals surface area contributed by atoms with Gasteiger partial charge in [0.2, 0.25) is 0 Å². The summed E-state index contributed by atoms with van der Waals surface area (Å²) in [6.45, 7) is 9.01. The quantitative estimate of drug-likeness (QED) is 0.845. The maximum Gasteiger partial charge on any atom is 0.0948 e. The summed E-state index contributed by atoms with van der Waals surface area (Å²) >= 11 is 0. The molecule has 2 heterocycles. The Hall–Kier alpha value is -0.830. The number of aromatic nitrogens is 2. The Bertz CT molecular complexity index is 335. The monoisotopic (exact) mass is 221 g/mol. The first-order valence-corrected chi connectivity index (χ1v) is 6.42. The van der Waals surface area contributed by atoms with Gasteiger partial charge in [0.1, 0.15) is 0 Å². The van der Waals surface area contributed by atoms with Crippen molar-refractivity contribution < 1.29 is 0 Å². The minimum atomic E-state index is 0.299. The largest absolute Gasteiger partial charge is 0.335 e. The van der Waals surface area contributed by atoms with Crippen LogP contribution in [-0.2, 0) is 13.0 Å². The van der Waals surface area contributed by atoms with E-state index in [9.17, 15) is 0 Å². The van der Waals surface area contributed by atoms with E-state index >= 15 is 0 Å². The van der Waals surface area contributed by atoms with E-state index in [2.05, 4.69) is 35.6 Å². The van der Waals surface area contributed by atoms with Gasteiger partial charge in [-0.15, -0.1) is 0 Å². The Morgan fingerprint density at radius 1 is 1.56 bits per heavy atom. The second-order valence-corrected chi connectivity index (χ2v) is 5.19. The highest BCUT2D eigenvalue weighted by atomic mass is 15.1. The molecule has 0 bridgehead atoms. The SMILES string of the molecule is CCn1cncc1CC1(C(C)C)CCCN1. The summed E-state index contributed by atoms with van der Waals surface area (Å²) in [5.74, 6) is 0.676. The number of imidazole rings is 1. The zero-order valence-electron chi connectivity index (χ0n) is 10.7. The highest BCUT2D eigenvalue weighted by molar-refractivity contribution is 5.09. The first kappa shape index (κ1) is 11.6. The van der Waals surface area contributed by atoms with E-state index in [1.165, 1.54) is 25.1 Å². The summed E-state index contributed by atoms with van der Waals surface area (Å²) in [5, 5.41) is 3.72. The van der Waals surface area contributed by atoms with Gasteiger partial charge in [-0.2, -0.15) is 0 Å². The van der Waals surface area contributed by atoms with Gasteiger partial charge >= 0.3 is 0 Å². The first-order valence-electron chi connectivity index (χ1n) is 6.42. The third kappa shape index (κ3) is 2.01. The number of aryl methyl sites for hydroxylation is 1. The number of hydrogen-bond acceptors (Lipinski definition) is 2. The van der Waals surface area contributed by atoms with Crippen LogP contribution in [0.5, 0.6) is 0 Å². The zero-order chi connectivity index (χ0) is 11.6.